The van der Waals surface area contributed by atoms with Crippen molar-refractivity contribution < 1.29 is 4.79 Å². The van der Waals surface area contributed by atoms with Crippen LogP contribution in [-0.2, 0) is 11.2 Å². The molecule has 1 aromatic carbocycles. The molecule has 0 fully saturated rings. The number of hydrogen-bond acceptors (Lipinski definition) is 3. The molecule has 2 unspecified atom stereocenters. The zero-order valence-electron chi connectivity index (χ0n) is 11.3. The van der Waals surface area contributed by atoms with Gasteiger partial charge >= 0.3 is 0 Å². The third kappa shape index (κ3) is 3.74. The van der Waals surface area contributed by atoms with E-state index in [0.29, 0.717) is 6.42 Å². The van der Waals surface area contributed by atoms with Gasteiger partial charge in [-0.05, 0) is 33.6 Å². The molecule has 2 aromatic rings. The van der Waals surface area contributed by atoms with Crippen LogP contribution in [0.2, 0.25) is 0 Å². The number of pyridine rings is 1. The molecule has 0 bridgehead atoms. The fourth-order valence-corrected chi connectivity index (χ4v) is 2.25. The maximum Gasteiger partial charge on any atom is 0.143 e. The number of nitrogens with zero attached hydrogens (tertiary/aromatic N) is 1. The second-order valence-electron chi connectivity index (χ2n) is 4.84. The molecule has 0 aliphatic carbocycles. The molecule has 0 amide bonds. The molecule has 1 heterocycles. The van der Waals surface area contributed by atoms with E-state index in [2.05, 4.69) is 20.9 Å². The van der Waals surface area contributed by atoms with Crippen LogP contribution >= 0.6 is 15.9 Å². The Kier molecular flexibility index (Phi) is 5.04. The lowest BCUT2D eigenvalue weighted by molar-refractivity contribution is -0.122. The Bertz CT molecular complexity index is 569. The van der Waals surface area contributed by atoms with E-state index in [1.807, 2.05) is 49.4 Å². The van der Waals surface area contributed by atoms with Crippen molar-refractivity contribution in [1.29, 1.82) is 0 Å². The Hall–Kier alpha value is -1.52. The van der Waals surface area contributed by atoms with E-state index in [0.717, 1.165) is 15.7 Å². The first-order valence-electron chi connectivity index (χ1n) is 6.51. The van der Waals surface area contributed by atoms with E-state index >= 15 is 0 Å². The minimum Gasteiger partial charge on any atom is -0.323 e. The first kappa shape index (κ1) is 14.9. The number of carbonyl (C=O) groups excluding carboxylic acids is 1. The van der Waals surface area contributed by atoms with Crippen molar-refractivity contribution >= 4 is 21.7 Å². The van der Waals surface area contributed by atoms with Crippen LogP contribution in [0.5, 0.6) is 0 Å². The van der Waals surface area contributed by atoms with Crippen LogP contribution in [0.1, 0.15) is 24.2 Å². The maximum absolute atomic E-state index is 12.3. The van der Waals surface area contributed by atoms with Crippen molar-refractivity contribution in [2.75, 3.05) is 0 Å². The Morgan fingerprint density at radius 2 is 1.95 bits per heavy atom. The molecule has 0 radical (unpaired) electrons. The number of nitrogens with two attached hydrogens (primary N) is 1. The highest BCUT2D eigenvalue weighted by atomic mass is 79.9. The summed E-state index contributed by atoms with van der Waals surface area (Å²) in [5.41, 5.74) is 7.92. The van der Waals surface area contributed by atoms with Gasteiger partial charge in [0.05, 0.1) is 0 Å². The van der Waals surface area contributed by atoms with Gasteiger partial charge in [-0.3, -0.25) is 9.78 Å². The Morgan fingerprint density at radius 3 is 2.55 bits per heavy atom. The highest BCUT2D eigenvalue weighted by Gasteiger charge is 2.22. The van der Waals surface area contributed by atoms with Crippen molar-refractivity contribution in [2.24, 2.45) is 11.7 Å². The third-order valence-corrected chi connectivity index (χ3v) is 3.84. The van der Waals surface area contributed by atoms with E-state index in [1.165, 1.54) is 0 Å². The molecule has 0 saturated heterocycles. The van der Waals surface area contributed by atoms with Gasteiger partial charge in [-0.25, -0.2) is 0 Å². The predicted octanol–water partition coefficient (Wildman–Crippen LogP) is 3.29. The summed E-state index contributed by atoms with van der Waals surface area (Å²) in [6.07, 6.45) is 2.01. The number of carbonyl (C=O) groups is 1. The molecule has 104 valence electrons. The van der Waals surface area contributed by atoms with Crippen LogP contribution in [0.3, 0.4) is 0 Å². The largest absolute Gasteiger partial charge is 0.323 e. The van der Waals surface area contributed by atoms with Crippen LogP contribution in [-0.4, -0.2) is 10.8 Å². The lowest BCUT2D eigenvalue weighted by Crippen LogP contribution is -2.27. The zero-order valence-corrected chi connectivity index (χ0v) is 12.9. The van der Waals surface area contributed by atoms with E-state index in [-0.39, 0.29) is 17.7 Å². The number of benzene rings is 1. The van der Waals surface area contributed by atoms with Gasteiger partial charge in [0.1, 0.15) is 5.78 Å². The zero-order chi connectivity index (χ0) is 14.5. The van der Waals surface area contributed by atoms with Crippen LogP contribution in [0.25, 0.3) is 0 Å². The smallest absolute Gasteiger partial charge is 0.143 e. The van der Waals surface area contributed by atoms with Crippen molar-refractivity contribution in [3.63, 3.8) is 0 Å². The fraction of sp³-hybridized carbons (Fsp3) is 0.250. The molecule has 0 aliphatic heterocycles. The molecule has 20 heavy (non-hydrogen) atoms. The van der Waals surface area contributed by atoms with E-state index in [1.54, 1.807) is 6.20 Å². The van der Waals surface area contributed by atoms with Crippen LogP contribution in [0.4, 0.5) is 0 Å². The Labute approximate surface area is 127 Å². The van der Waals surface area contributed by atoms with E-state index in [9.17, 15) is 4.79 Å². The minimum atomic E-state index is -0.279. The van der Waals surface area contributed by atoms with Gasteiger partial charge in [-0.1, -0.05) is 37.3 Å². The number of Topliss-reactive ketones (excluding diaryl/α,β-unsaturated/α-hetero) is 1. The SMILES string of the molecule is CC(C(=O)Cc1ccc(Br)cn1)C(N)c1ccccc1. The molecule has 0 spiro atoms. The van der Waals surface area contributed by atoms with Gasteiger partial charge in [-0.15, -0.1) is 0 Å². The normalized spacial score (nSPS) is 13.8. The molecule has 2 rings (SSSR count). The van der Waals surface area contributed by atoms with Gasteiger partial charge in [-0.2, -0.15) is 0 Å². The summed E-state index contributed by atoms with van der Waals surface area (Å²) in [5, 5.41) is 0. The van der Waals surface area contributed by atoms with Gasteiger partial charge in [0.15, 0.2) is 0 Å². The second kappa shape index (κ2) is 6.77. The molecular weight excluding hydrogens is 316 g/mol. The van der Waals surface area contributed by atoms with Crippen LogP contribution in [0, 0.1) is 5.92 Å². The van der Waals surface area contributed by atoms with Crippen LogP contribution in [0.15, 0.2) is 53.1 Å². The summed E-state index contributed by atoms with van der Waals surface area (Å²) in [6.45, 7) is 1.87. The lowest BCUT2D eigenvalue weighted by atomic mass is 9.90. The topological polar surface area (TPSA) is 56.0 Å². The number of ketones is 1. The number of aromatic nitrogens is 1. The van der Waals surface area contributed by atoms with Gasteiger partial charge in [0.2, 0.25) is 0 Å². The highest BCUT2D eigenvalue weighted by Crippen LogP contribution is 2.21. The summed E-state index contributed by atoms with van der Waals surface area (Å²) in [4.78, 5) is 16.5. The maximum atomic E-state index is 12.3. The third-order valence-electron chi connectivity index (χ3n) is 3.38. The van der Waals surface area contributed by atoms with Crippen molar-refractivity contribution in [3.8, 4) is 0 Å². The van der Waals surface area contributed by atoms with Gasteiger partial charge in [0.25, 0.3) is 0 Å². The molecule has 3 nitrogen and oxygen atoms in total. The Morgan fingerprint density at radius 1 is 1.25 bits per heavy atom. The molecule has 2 atom stereocenters. The summed E-state index contributed by atoms with van der Waals surface area (Å²) in [5.74, 6) is -0.126. The first-order valence-corrected chi connectivity index (χ1v) is 7.31. The molecular formula is C16H17BrN2O. The molecule has 1 aromatic heterocycles. The van der Waals surface area contributed by atoms with Crippen molar-refractivity contribution in [2.45, 2.75) is 19.4 Å². The molecule has 4 heteroatoms. The van der Waals surface area contributed by atoms with Gasteiger partial charge in [0, 0.05) is 34.7 Å². The number of hydrogen-bond donors (Lipinski definition) is 1. The Balaban J connectivity index is 2.03. The fourth-order valence-electron chi connectivity index (χ4n) is 2.01. The first-order chi connectivity index (χ1) is 9.58. The average Bonchev–Trinajstić information content (AvgIpc) is 2.49. The minimum absolute atomic E-state index is 0.108. The summed E-state index contributed by atoms with van der Waals surface area (Å²) < 4.78 is 0.905. The molecule has 2 N–H and O–H groups in total. The summed E-state index contributed by atoms with van der Waals surface area (Å²) in [7, 11) is 0. The number of rotatable bonds is 5. The standard InChI is InChI=1S/C16H17BrN2O/c1-11(16(18)12-5-3-2-4-6-12)15(20)9-14-8-7-13(17)10-19-14/h2-8,10-11,16H,9,18H2,1H3. The van der Waals surface area contributed by atoms with Crippen molar-refractivity contribution in [3.05, 3.63) is 64.4 Å². The monoisotopic (exact) mass is 332 g/mol. The summed E-state index contributed by atoms with van der Waals surface area (Å²) in [6, 6.07) is 13.2. The van der Waals surface area contributed by atoms with Crippen molar-refractivity contribution in [1.82, 2.24) is 4.98 Å². The molecule has 0 aliphatic rings. The lowest BCUT2D eigenvalue weighted by Gasteiger charge is -2.19. The van der Waals surface area contributed by atoms with E-state index in [4.69, 9.17) is 5.73 Å². The molecule has 0 saturated carbocycles. The highest BCUT2D eigenvalue weighted by molar-refractivity contribution is 9.10. The average molecular weight is 333 g/mol. The van der Waals surface area contributed by atoms with Crippen LogP contribution < -0.4 is 5.73 Å². The second-order valence-corrected chi connectivity index (χ2v) is 5.75. The van der Waals surface area contributed by atoms with Gasteiger partial charge < -0.3 is 5.73 Å². The quantitative estimate of drug-likeness (QED) is 0.913. The summed E-state index contributed by atoms with van der Waals surface area (Å²) >= 11 is 3.33. The number of halogens is 1. The predicted molar refractivity (Wildman–Crippen MR) is 83.2 cm³/mol. The van der Waals surface area contributed by atoms with E-state index < -0.39 is 0 Å².